The van der Waals surface area contributed by atoms with Crippen LogP contribution in [0.4, 0.5) is 0 Å². The fourth-order valence-electron chi connectivity index (χ4n) is 0.766. The van der Waals surface area contributed by atoms with Crippen molar-refractivity contribution in [1.82, 2.24) is 0 Å². The summed E-state index contributed by atoms with van der Waals surface area (Å²) in [5.41, 5.74) is 1.26. The molecule has 0 heterocycles. The lowest BCUT2D eigenvalue weighted by Gasteiger charge is -1.99. The zero-order valence-electron chi connectivity index (χ0n) is 6.71. The van der Waals surface area contributed by atoms with Crippen molar-refractivity contribution < 1.29 is 0 Å². The summed E-state index contributed by atoms with van der Waals surface area (Å²) in [4.78, 5) is 0. The van der Waals surface area contributed by atoms with Crippen LogP contribution < -0.4 is 0 Å². The maximum atomic E-state index is 5.74. The molecule has 0 atom stereocenters. The van der Waals surface area contributed by atoms with Gasteiger partial charge in [0.05, 0.1) is 0 Å². The Balaban J connectivity index is 2.53. The van der Waals surface area contributed by atoms with E-state index in [0.717, 1.165) is 15.0 Å². The first-order valence-corrected chi connectivity index (χ1v) is 5.33. The molecule has 1 aromatic carbocycles. The summed E-state index contributed by atoms with van der Waals surface area (Å²) in [7, 11) is 0. The highest BCUT2D eigenvalue weighted by Crippen LogP contribution is 2.16. The van der Waals surface area contributed by atoms with Crippen molar-refractivity contribution in [3.8, 4) is 0 Å². The fraction of sp³-hybridized carbons (Fsp3) is 0.222. The first-order chi connectivity index (χ1) is 5.68. The van der Waals surface area contributed by atoms with Crippen LogP contribution >= 0.6 is 35.6 Å². The van der Waals surface area contributed by atoms with Crippen molar-refractivity contribution in [2.45, 2.75) is 12.7 Å². The molecular weight excluding hydrogens is 208 g/mol. The lowest BCUT2D eigenvalue weighted by Crippen LogP contribution is -1.82. The highest BCUT2D eigenvalue weighted by Gasteiger charge is 1.94. The SMILES string of the molecule is CC(=S)SCc1ccc(Cl)cc1. The van der Waals surface area contributed by atoms with Crippen LogP contribution in [0.5, 0.6) is 0 Å². The van der Waals surface area contributed by atoms with Gasteiger partial charge >= 0.3 is 0 Å². The summed E-state index contributed by atoms with van der Waals surface area (Å²) in [5, 5.41) is 0.780. The van der Waals surface area contributed by atoms with E-state index in [9.17, 15) is 0 Å². The van der Waals surface area contributed by atoms with E-state index < -0.39 is 0 Å². The minimum absolute atomic E-state index is 0.780. The van der Waals surface area contributed by atoms with Crippen molar-refractivity contribution in [3.63, 3.8) is 0 Å². The van der Waals surface area contributed by atoms with Gasteiger partial charge in [0.1, 0.15) is 0 Å². The van der Waals surface area contributed by atoms with Gasteiger partial charge in [-0.25, -0.2) is 0 Å². The standard InChI is InChI=1S/C9H9ClS2/c1-7(11)12-6-8-2-4-9(10)5-3-8/h2-5H,6H2,1H3. The number of thiocarbonyl (C=S) groups is 1. The molecule has 1 rings (SSSR count). The van der Waals surface area contributed by atoms with E-state index >= 15 is 0 Å². The van der Waals surface area contributed by atoms with Gasteiger partial charge in [-0.2, -0.15) is 0 Å². The van der Waals surface area contributed by atoms with Crippen LogP contribution in [-0.2, 0) is 5.75 Å². The smallest absolute Gasteiger partial charge is 0.0450 e. The van der Waals surface area contributed by atoms with E-state index in [1.165, 1.54) is 5.56 Å². The minimum Gasteiger partial charge on any atom is -0.114 e. The van der Waals surface area contributed by atoms with Crippen LogP contribution in [0.3, 0.4) is 0 Å². The Morgan fingerprint density at radius 3 is 2.50 bits per heavy atom. The van der Waals surface area contributed by atoms with Crippen molar-refractivity contribution in [1.29, 1.82) is 0 Å². The Labute approximate surface area is 87.3 Å². The highest BCUT2D eigenvalue weighted by atomic mass is 35.5. The second kappa shape index (κ2) is 4.85. The summed E-state index contributed by atoms with van der Waals surface area (Å²) in [6.45, 7) is 1.94. The van der Waals surface area contributed by atoms with E-state index in [1.54, 1.807) is 11.8 Å². The average molecular weight is 217 g/mol. The molecule has 0 radical (unpaired) electrons. The number of hydrogen-bond acceptors (Lipinski definition) is 2. The third-order valence-corrected chi connectivity index (χ3v) is 2.85. The van der Waals surface area contributed by atoms with Gasteiger partial charge in [-0.3, -0.25) is 0 Å². The number of benzene rings is 1. The van der Waals surface area contributed by atoms with Crippen LogP contribution in [0.15, 0.2) is 24.3 Å². The Morgan fingerprint density at radius 1 is 1.42 bits per heavy atom. The predicted octanol–water partition coefficient (Wildman–Crippen LogP) is 3.92. The normalized spacial score (nSPS) is 9.83. The Hall–Kier alpha value is -0.0500. The molecule has 64 valence electrons. The molecule has 0 aliphatic rings. The topological polar surface area (TPSA) is 0 Å². The molecule has 1 aromatic rings. The van der Waals surface area contributed by atoms with E-state index in [2.05, 4.69) is 0 Å². The second-order valence-electron chi connectivity index (χ2n) is 2.41. The Morgan fingerprint density at radius 2 is 2.00 bits per heavy atom. The van der Waals surface area contributed by atoms with Crippen molar-refractivity contribution in [3.05, 3.63) is 34.9 Å². The zero-order chi connectivity index (χ0) is 8.97. The summed E-state index contributed by atoms with van der Waals surface area (Å²) >= 11 is 12.4. The van der Waals surface area contributed by atoms with Gasteiger partial charge in [-0.1, -0.05) is 36.0 Å². The monoisotopic (exact) mass is 216 g/mol. The van der Waals surface area contributed by atoms with Gasteiger partial charge in [-0.15, -0.1) is 11.8 Å². The Kier molecular flexibility index (Phi) is 4.06. The first-order valence-electron chi connectivity index (χ1n) is 3.56. The minimum atomic E-state index is 0.780. The molecule has 0 saturated carbocycles. The van der Waals surface area contributed by atoms with Crippen LogP contribution in [-0.4, -0.2) is 4.20 Å². The van der Waals surface area contributed by atoms with E-state index in [4.69, 9.17) is 23.8 Å². The highest BCUT2D eigenvalue weighted by molar-refractivity contribution is 8.22. The number of rotatable bonds is 2. The van der Waals surface area contributed by atoms with Crippen LogP contribution in [0.1, 0.15) is 12.5 Å². The first kappa shape index (κ1) is 10.0. The summed E-state index contributed by atoms with van der Waals surface area (Å²) in [5.74, 6) is 0.937. The van der Waals surface area contributed by atoms with Crippen LogP contribution in [0, 0.1) is 0 Å². The number of thioether (sulfide) groups is 1. The molecule has 0 spiro atoms. The lowest BCUT2D eigenvalue weighted by atomic mass is 10.2. The van der Waals surface area contributed by atoms with Gasteiger partial charge in [0, 0.05) is 15.0 Å². The molecule has 0 fully saturated rings. The number of hydrogen-bond donors (Lipinski definition) is 0. The third kappa shape index (κ3) is 3.57. The molecule has 0 aliphatic carbocycles. The second-order valence-corrected chi connectivity index (χ2v) is 4.90. The summed E-state index contributed by atoms with van der Waals surface area (Å²) in [6.07, 6.45) is 0. The van der Waals surface area contributed by atoms with E-state index in [1.807, 2.05) is 31.2 Å². The quantitative estimate of drug-likeness (QED) is 0.688. The Bertz CT molecular complexity index is 266. The van der Waals surface area contributed by atoms with Gasteiger partial charge < -0.3 is 0 Å². The van der Waals surface area contributed by atoms with E-state index in [-0.39, 0.29) is 0 Å². The van der Waals surface area contributed by atoms with Crippen molar-refractivity contribution >= 4 is 39.8 Å². The molecule has 0 unspecified atom stereocenters. The third-order valence-electron chi connectivity index (χ3n) is 1.36. The molecule has 0 aromatic heterocycles. The van der Waals surface area contributed by atoms with Crippen molar-refractivity contribution in [2.75, 3.05) is 0 Å². The molecular formula is C9H9ClS2. The zero-order valence-corrected chi connectivity index (χ0v) is 9.10. The molecule has 0 amide bonds. The van der Waals surface area contributed by atoms with Gasteiger partial charge in [0.15, 0.2) is 0 Å². The maximum absolute atomic E-state index is 5.74. The summed E-state index contributed by atoms with van der Waals surface area (Å²) in [6, 6.07) is 7.84. The van der Waals surface area contributed by atoms with E-state index in [0.29, 0.717) is 0 Å². The van der Waals surface area contributed by atoms with Gasteiger partial charge in [0.2, 0.25) is 0 Å². The molecule has 12 heavy (non-hydrogen) atoms. The van der Waals surface area contributed by atoms with Crippen LogP contribution in [0.25, 0.3) is 0 Å². The molecule has 0 N–H and O–H groups in total. The summed E-state index contributed by atoms with van der Waals surface area (Å²) < 4.78 is 0.977. The van der Waals surface area contributed by atoms with Gasteiger partial charge in [-0.05, 0) is 24.6 Å². The molecule has 0 aliphatic heterocycles. The maximum Gasteiger partial charge on any atom is 0.0450 e. The fourth-order valence-corrected chi connectivity index (χ4v) is 1.63. The van der Waals surface area contributed by atoms with Gasteiger partial charge in [0.25, 0.3) is 0 Å². The molecule has 0 bridgehead atoms. The predicted molar refractivity (Wildman–Crippen MR) is 61.0 cm³/mol. The average Bonchev–Trinajstić information content (AvgIpc) is 2.03. The van der Waals surface area contributed by atoms with Crippen LogP contribution in [0.2, 0.25) is 5.02 Å². The molecule has 3 heteroatoms. The molecule has 0 saturated heterocycles. The lowest BCUT2D eigenvalue weighted by molar-refractivity contribution is 1.42. The molecule has 0 nitrogen and oxygen atoms in total. The number of halogens is 1. The van der Waals surface area contributed by atoms with Crippen molar-refractivity contribution in [2.24, 2.45) is 0 Å². The largest absolute Gasteiger partial charge is 0.114 e.